The van der Waals surface area contributed by atoms with Crippen LogP contribution in [-0.2, 0) is 18.4 Å². The molecular formula is C13H18N6O3. The Labute approximate surface area is 127 Å². The fourth-order valence-electron chi connectivity index (χ4n) is 2.25. The summed E-state index contributed by atoms with van der Waals surface area (Å²) in [5, 5.41) is 21.7. The minimum atomic E-state index is -0.634. The van der Waals surface area contributed by atoms with Crippen molar-refractivity contribution >= 4 is 11.6 Å². The molecule has 0 aliphatic rings. The van der Waals surface area contributed by atoms with Gasteiger partial charge in [-0.1, -0.05) is 0 Å². The first-order valence-corrected chi connectivity index (χ1v) is 6.76. The summed E-state index contributed by atoms with van der Waals surface area (Å²) in [4.78, 5) is 22.5. The first kappa shape index (κ1) is 15.7. The molecule has 9 heteroatoms. The standard InChI is InChI=1S/C13H18N6O3/c1-8-11(7-17(4)16-8)5-14-13(20)10(3)18-9(2)12(6-15-18)19(21)22/h6-7,10H,5H2,1-4H3,(H,14,20). The molecule has 0 spiro atoms. The third kappa shape index (κ3) is 2.97. The molecule has 0 aliphatic heterocycles. The predicted octanol–water partition coefficient (Wildman–Crippen LogP) is 1.02. The Balaban J connectivity index is 2.06. The maximum absolute atomic E-state index is 12.2. The van der Waals surface area contributed by atoms with Gasteiger partial charge in [-0.25, -0.2) is 0 Å². The van der Waals surface area contributed by atoms with Crippen molar-refractivity contribution < 1.29 is 9.72 Å². The van der Waals surface area contributed by atoms with Gasteiger partial charge >= 0.3 is 5.69 Å². The summed E-state index contributed by atoms with van der Waals surface area (Å²) in [5.41, 5.74) is 2.03. The van der Waals surface area contributed by atoms with Crippen LogP contribution in [0.15, 0.2) is 12.4 Å². The Morgan fingerprint density at radius 2 is 2.18 bits per heavy atom. The van der Waals surface area contributed by atoms with Crippen molar-refractivity contribution in [3.63, 3.8) is 0 Å². The lowest BCUT2D eigenvalue weighted by molar-refractivity contribution is -0.385. The van der Waals surface area contributed by atoms with Gasteiger partial charge in [0.05, 0.1) is 10.6 Å². The van der Waals surface area contributed by atoms with Crippen molar-refractivity contribution in [2.45, 2.75) is 33.4 Å². The molecule has 22 heavy (non-hydrogen) atoms. The van der Waals surface area contributed by atoms with Crippen molar-refractivity contribution in [2.75, 3.05) is 0 Å². The number of nitrogens with zero attached hydrogens (tertiary/aromatic N) is 5. The summed E-state index contributed by atoms with van der Waals surface area (Å²) >= 11 is 0. The highest BCUT2D eigenvalue weighted by atomic mass is 16.6. The zero-order valence-electron chi connectivity index (χ0n) is 12.9. The van der Waals surface area contributed by atoms with Gasteiger partial charge in [0, 0.05) is 25.4 Å². The molecule has 2 aromatic rings. The van der Waals surface area contributed by atoms with Crippen molar-refractivity contribution in [2.24, 2.45) is 7.05 Å². The van der Waals surface area contributed by atoms with Crippen molar-refractivity contribution in [3.05, 3.63) is 39.5 Å². The monoisotopic (exact) mass is 306 g/mol. The van der Waals surface area contributed by atoms with E-state index in [0.717, 1.165) is 17.5 Å². The van der Waals surface area contributed by atoms with E-state index in [1.54, 1.807) is 18.5 Å². The molecule has 1 unspecified atom stereocenters. The number of carbonyl (C=O) groups excluding carboxylic acids is 1. The lowest BCUT2D eigenvalue weighted by Gasteiger charge is -2.13. The molecule has 9 nitrogen and oxygen atoms in total. The van der Waals surface area contributed by atoms with E-state index in [-0.39, 0.29) is 11.6 Å². The molecule has 0 radical (unpaired) electrons. The second-order valence-electron chi connectivity index (χ2n) is 5.12. The highest BCUT2D eigenvalue weighted by Gasteiger charge is 2.23. The Morgan fingerprint density at radius 1 is 1.50 bits per heavy atom. The minimum Gasteiger partial charge on any atom is -0.350 e. The zero-order chi connectivity index (χ0) is 16.4. The van der Waals surface area contributed by atoms with Gasteiger partial charge < -0.3 is 5.32 Å². The number of hydrogen-bond donors (Lipinski definition) is 1. The SMILES string of the molecule is Cc1nn(C)cc1CNC(=O)C(C)n1ncc([N+](=O)[O-])c1C. The first-order valence-electron chi connectivity index (χ1n) is 6.76. The summed E-state index contributed by atoms with van der Waals surface area (Å²) in [6.45, 7) is 5.44. The van der Waals surface area contributed by atoms with Crippen molar-refractivity contribution in [3.8, 4) is 0 Å². The van der Waals surface area contributed by atoms with Gasteiger partial charge in [-0.3, -0.25) is 24.3 Å². The summed E-state index contributed by atoms with van der Waals surface area (Å²) in [6, 6.07) is -0.634. The zero-order valence-corrected chi connectivity index (χ0v) is 12.9. The van der Waals surface area contributed by atoms with Gasteiger partial charge in [0.15, 0.2) is 0 Å². The second-order valence-corrected chi connectivity index (χ2v) is 5.12. The Bertz CT molecular complexity index is 717. The highest BCUT2D eigenvalue weighted by Crippen LogP contribution is 2.20. The van der Waals surface area contributed by atoms with Crippen LogP contribution < -0.4 is 5.32 Å². The second kappa shape index (κ2) is 5.96. The van der Waals surface area contributed by atoms with Crippen LogP contribution in [0.4, 0.5) is 5.69 Å². The Kier molecular flexibility index (Phi) is 4.25. The lowest BCUT2D eigenvalue weighted by Crippen LogP contribution is -2.31. The van der Waals surface area contributed by atoms with E-state index in [4.69, 9.17) is 0 Å². The topological polar surface area (TPSA) is 108 Å². The van der Waals surface area contributed by atoms with E-state index in [1.807, 2.05) is 20.2 Å². The summed E-state index contributed by atoms with van der Waals surface area (Å²) in [6.07, 6.45) is 2.99. The molecular weight excluding hydrogens is 288 g/mol. The van der Waals surface area contributed by atoms with Crippen molar-refractivity contribution in [1.82, 2.24) is 24.9 Å². The third-order valence-electron chi connectivity index (χ3n) is 3.53. The molecule has 0 saturated heterocycles. The third-order valence-corrected chi connectivity index (χ3v) is 3.53. The van der Waals surface area contributed by atoms with Crippen LogP contribution >= 0.6 is 0 Å². The van der Waals surface area contributed by atoms with Crippen LogP contribution in [-0.4, -0.2) is 30.4 Å². The van der Waals surface area contributed by atoms with Crippen LogP contribution in [0.5, 0.6) is 0 Å². The van der Waals surface area contributed by atoms with E-state index in [1.165, 1.54) is 4.68 Å². The van der Waals surface area contributed by atoms with E-state index < -0.39 is 11.0 Å². The minimum absolute atomic E-state index is 0.0947. The van der Waals surface area contributed by atoms with Crippen LogP contribution in [0.3, 0.4) is 0 Å². The van der Waals surface area contributed by atoms with Crippen LogP contribution in [0.1, 0.15) is 29.9 Å². The maximum atomic E-state index is 12.2. The molecule has 0 saturated carbocycles. The van der Waals surface area contributed by atoms with Crippen molar-refractivity contribution in [1.29, 1.82) is 0 Å². The summed E-state index contributed by atoms with van der Waals surface area (Å²) in [7, 11) is 1.81. The van der Waals surface area contributed by atoms with Crippen LogP contribution in [0, 0.1) is 24.0 Å². The molecule has 0 fully saturated rings. The smallest absolute Gasteiger partial charge is 0.309 e. The number of nitrogens with one attached hydrogen (secondary N) is 1. The molecule has 2 heterocycles. The Hall–Kier alpha value is -2.71. The molecule has 118 valence electrons. The van der Waals surface area contributed by atoms with Gasteiger partial charge in [-0.15, -0.1) is 0 Å². The summed E-state index contributed by atoms with van der Waals surface area (Å²) < 4.78 is 3.03. The van der Waals surface area contributed by atoms with E-state index in [2.05, 4.69) is 15.5 Å². The normalized spacial score (nSPS) is 12.2. The first-order chi connectivity index (χ1) is 10.3. The van der Waals surface area contributed by atoms with E-state index in [0.29, 0.717) is 12.2 Å². The van der Waals surface area contributed by atoms with Crippen LogP contribution in [0.2, 0.25) is 0 Å². The fourth-order valence-corrected chi connectivity index (χ4v) is 2.25. The molecule has 2 rings (SSSR count). The predicted molar refractivity (Wildman–Crippen MR) is 78.1 cm³/mol. The maximum Gasteiger partial charge on any atom is 0.309 e. The Morgan fingerprint density at radius 3 is 2.68 bits per heavy atom. The quantitative estimate of drug-likeness (QED) is 0.655. The van der Waals surface area contributed by atoms with Crippen LogP contribution in [0.25, 0.3) is 0 Å². The van der Waals surface area contributed by atoms with Gasteiger partial charge in [-0.05, 0) is 20.8 Å². The molecule has 1 atom stereocenters. The van der Waals surface area contributed by atoms with Gasteiger partial charge in [0.1, 0.15) is 17.9 Å². The number of carbonyl (C=O) groups is 1. The average molecular weight is 306 g/mol. The van der Waals surface area contributed by atoms with Gasteiger partial charge in [-0.2, -0.15) is 10.2 Å². The largest absolute Gasteiger partial charge is 0.350 e. The molecule has 0 bridgehead atoms. The number of hydrogen-bond acceptors (Lipinski definition) is 5. The van der Waals surface area contributed by atoms with Gasteiger partial charge in [0.2, 0.25) is 5.91 Å². The molecule has 1 N–H and O–H groups in total. The number of nitro groups is 1. The molecule has 0 aromatic carbocycles. The number of aryl methyl sites for hydroxylation is 2. The number of amides is 1. The van der Waals surface area contributed by atoms with E-state index >= 15 is 0 Å². The molecule has 0 aliphatic carbocycles. The average Bonchev–Trinajstić information content (AvgIpc) is 2.97. The molecule has 1 amide bonds. The fraction of sp³-hybridized carbons (Fsp3) is 0.462. The van der Waals surface area contributed by atoms with E-state index in [9.17, 15) is 14.9 Å². The van der Waals surface area contributed by atoms with Gasteiger partial charge in [0.25, 0.3) is 0 Å². The highest BCUT2D eigenvalue weighted by molar-refractivity contribution is 5.80. The number of rotatable bonds is 5. The lowest BCUT2D eigenvalue weighted by atomic mass is 10.2. The molecule has 2 aromatic heterocycles. The summed E-state index contributed by atoms with van der Waals surface area (Å²) in [5.74, 6) is -0.260. The number of aromatic nitrogens is 4.